The number of carbonyl (C=O) groups is 1. The van der Waals surface area contributed by atoms with Crippen LogP contribution in [0.5, 0.6) is 0 Å². The molecule has 2 aromatic rings. The molecule has 5 heteroatoms. The molecule has 1 aliphatic rings. The number of hydrogen-bond donors (Lipinski definition) is 1. The summed E-state index contributed by atoms with van der Waals surface area (Å²) < 4.78 is 2.22. The van der Waals surface area contributed by atoms with E-state index in [0.29, 0.717) is 0 Å². The van der Waals surface area contributed by atoms with Crippen molar-refractivity contribution in [1.29, 1.82) is 0 Å². The van der Waals surface area contributed by atoms with E-state index in [1.54, 1.807) is 6.08 Å². The van der Waals surface area contributed by atoms with Gasteiger partial charge in [0.15, 0.2) is 0 Å². The lowest BCUT2D eigenvalue weighted by Crippen LogP contribution is -2.45. The Morgan fingerprint density at radius 1 is 1.11 bits per heavy atom. The number of piperazine rings is 1. The molecule has 5 nitrogen and oxygen atoms in total. The number of nitrogens with one attached hydrogen (secondary N) is 1. The van der Waals surface area contributed by atoms with Crippen molar-refractivity contribution in [2.24, 2.45) is 0 Å². The summed E-state index contributed by atoms with van der Waals surface area (Å²) in [5.41, 5.74) is 4.53. The molecule has 28 heavy (non-hydrogen) atoms. The van der Waals surface area contributed by atoms with Crippen molar-refractivity contribution in [3.8, 4) is 5.69 Å². The van der Waals surface area contributed by atoms with Gasteiger partial charge < -0.3 is 19.7 Å². The lowest BCUT2D eigenvalue weighted by atomic mass is 10.2. The molecule has 2 heterocycles. The zero-order valence-corrected chi connectivity index (χ0v) is 17.3. The number of rotatable bonds is 7. The molecule has 0 bridgehead atoms. The van der Waals surface area contributed by atoms with Crippen LogP contribution in [0.1, 0.15) is 23.4 Å². The van der Waals surface area contributed by atoms with Gasteiger partial charge in [0.1, 0.15) is 0 Å². The van der Waals surface area contributed by atoms with Gasteiger partial charge in [-0.05, 0) is 63.7 Å². The smallest absolute Gasteiger partial charge is 0.244 e. The molecule has 1 aliphatic heterocycles. The van der Waals surface area contributed by atoms with Crippen LogP contribution in [0.4, 0.5) is 0 Å². The Hall–Kier alpha value is -2.37. The van der Waals surface area contributed by atoms with Gasteiger partial charge in [0.25, 0.3) is 0 Å². The van der Waals surface area contributed by atoms with E-state index in [1.165, 1.54) is 0 Å². The largest absolute Gasteiger partial charge is 0.353 e. The van der Waals surface area contributed by atoms with Crippen molar-refractivity contribution in [3.05, 3.63) is 59.4 Å². The summed E-state index contributed by atoms with van der Waals surface area (Å²) in [5.74, 6) is -0.0251. The maximum absolute atomic E-state index is 12.2. The van der Waals surface area contributed by atoms with Crippen LogP contribution >= 0.6 is 0 Å². The molecular weight excluding hydrogens is 348 g/mol. The Bertz CT molecular complexity index is 802. The quantitative estimate of drug-likeness (QED) is 0.593. The zero-order chi connectivity index (χ0) is 19.9. The van der Waals surface area contributed by atoms with Crippen molar-refractivity contribution in [1.82, 2.24) is 19.7 Å². The molecule has 1 amide bonds. The second-order valence-corrected chi connectivity index (χ2v) is 7.62. The van der Waals surface area contributed by atoms with Crippen molar-refractivity contribution < 1.29 is 4.79 Å². The number of amides is 1. The van der Waals surface area contributed by atoms with Crippen LogP contribution < -0.4 is 5.32 Å². The summed E-state index contributed by atoms with van der Waals surface area (Å²) in [6.45, 7) is 10.5. The lowest BCUT2D eigenvalue weighted by molar-refractivity contribution is -0.116. The zero-order valence-electron chi connectivity index (χ0n) is 17.3. The average molecular weight is 381 g/mol. The number of likely N-dealkylation sites (N-methyl/N-ethyl adjacent to an activating group) is 1. The fourth-order valence-corrected chi connectivity index (χ4v) is 3.74. The SMILES string of the molecule is Cc1cc(/C=C/C(=O)NCCCN2CCN(C)CC2)c(C)n1-c1ccccc1. The minimum absolute atomic E-state index is 0.0251. The van der Waals surface area contributed by atoms with Gasteiger partial charge in [-0.15, -0.1) is 0 Å². The van der Waals surface area contributed by atoms with E-state index in [0.717, 1.165) is 68.3 Å². The number of para-hydroxylation sites is 1. The first kappa shape index (κ1) is 20.4. The molecule has 1 aromatic heterocycles. The monoisotopic (exact) mass is 380 g/mol. The highest BCUT2D eigenvalue weighted by atomic mass is 16.1. The van der Waals surface area contributed by atoms with Gasteiger partial charge in [0, 0.05) is 55.9 Å². The predicted molar refractivity (Wildman–Crippen MR) is 116 cm³/mol. The van der Waals surface area contributed by atoms with Gasteiger partial charge in [-0.25, -0.2) is 0 Å². The van der Waals surface area contributed by atoms with Gasteiger partial charge in [-0.1, -0.05) is 18.2 Å². The second-order valence-electron chi connectivity index (χ2n) is 7.62. The first-order valence-corrected chi connectivity index (χ1v) is 10.2. The van der Waals surface area contributed by atoms with Gasteiger partial charge >= 0.3 is 0 Å². The molecule has 3 rings (SSSR count). The van der Waals surface area contributed by atoms with Crippen LogP contribution in [0.15, 0.2) is 42.5 Å². The summed E-state index contributed by atoms with van der Waals surface area (Å²) in [6.07, 6.45) is 4.55. The third-order valence-corrected chi connectivity index (χ3v) is 5.45. The minimum Gasteiger partial charge on any atom is -0.353 e. The molecule has 0 unspecified atom stereocenters. The van der Waals surface area contributed by atoms with Crippen molar-refractivity contribution in [2.45, 2.75) is 20.3 Å². The van der Waals surface area contributed by atoms with Crippen LogP contribution in [0.3, 0.4) is 0 Å². The van der Waals surface area contributed by atoms with Crippen LogP contribution in [0.25, 0.3) is 11.8 Å². The Kier molecular flexibility index (Phi) is 7.06. The number of carbonyl (C=O) groups excluding carboxylic acids is 1. The average Bonchev–Trinajstić information content (AvgIpc) is 2.99. The molecular formula is C23H32N4O. The summed E-state index contributed by atoms with van der Waals surface area (Å²) >= 11 is 0. The second kappa shape index (κ2) is 9.71. The van der Waals surface area contributed by atoms with E-state index in [-0.39, 0.29) is 5.91 Å². The Morgan fingerprint density at radius 2 is 1.82 bits per heavy atom. The Balaban J connectivity index is 1.48. The van der Waals surface area contributed by atoms with Gasteiger partial charge in [0.05, 0.1) is 0 Å². The van der Waals surface area contributed by atoms with Crippen molar-refractivity contribution in [2.75, 3.05) is 46.3 Å². The third-order valence-electron chi connectivity index (χ3n) is 5.45. The minimum atomic E-state index is -0.0251. The highest BCUT2D eigenvalue weighted by Gasteiger charge is 2.13. The summed E-state index contributed by atoms with van der Waals surface area (Å²) in [5, 5.41) is 3.00. The number of aromatic nitrogens is 1. The highest BCUT2D eigenvalue weighted by molar-refractivity contribution is 5.91. The fourth-order valence-electron chi connectivity index (χ4n) is 3.74. The van der Waals surface area contributed by atoms with Crippen molar-refractivity contribution in [3.63, 3.8) is 0 Å². The van der Waals surface area contributed by atoms with Gasteiger partial charge in [-0.2, -0.15) is 0 Å². The van der Waals surface area contributed by atoms with Crippen LogP contribution in [0.2, 0.25) is 0 Å². The normalized spacial score (nSPS) is 16.0. The topological polar surface area (TPSA) is 40.5 Å². The lowest BCUT2D eigenvalue weighted by Gasteiger charge is -2.32. The molecule has 1 saturated heterocycles. The Morgan fingerprint density at radius 3 is 2.54 bits per heavy atom. The fraction of sp³-hybridized carbons (Fsp3) is 0.435. The summed E-state index contributed by atoms with van der Waals surface area (Å²) in [7, 11) is 2.17. The number of hydrogen-bond acceptors (Lipinski definition) is 3. The standard InChI is InChI=1S/C23H32N4O/c1-19-18-21(20(2)27(19)22-8-5-4-6-9-22)10-11-23(28)24-12-7-13-26-16-14-25(3)15-17-26/h4-6,8-11,18H,7,12-17H2,1-3H3,(H,24,28)/b11-10+. The first-order valence-electron chi connectivity index (χ1n) is 10.2. The Labute approximate surface area is 168 Å². The first-order chi connectivity index (χ1) is 13.5. The maximum atomic E-state index is 12.2. The highest BCUT2D eigenvalue weighted by Crippen LogP contribution is 2.21. The van der Waals surface area contributed by atoms with E-state index >= 15 is 0 Å². The summed E-state index contributed by atoms with van der Waals surface area (Å²) in [6, 6.07) is 12.4. The van der Waals surface area contributed by atoms with Crippen LogP contribution in [-0.4, -0.2) is 66.6 Å². The molecule has 1 fully saturated rings. The van der Waals surface area contributed by atoms with E-state index in [9.17, 15) is 4.79 Å². The van der Waals surface area contributed by atoms with E-state index in [1.807, 2.05) is 24.3 Å². The van der Waals surface area contributed by atoms with Gasteiger partial charge in [0.2, 0.25) is 5.91 Å². The van der Waals surface area contributed by atoms with Crippen LogP contribution in [0, 0.1) is 13.8 Å². The molecule has 1 aromatic carbocycles. The third kappa shape index (κ3) is 5.33. The van der Waals surface area contributed by atoms with E-state index < -0.39 is 0 Å². The van der Waals surface area contributed by atoms with E-state index in [4.69, 9.17) is 0 Å². The predicted octanol–water partition coefficient (Wildman–Crippen LogP) is 2.86. The van der Waals surface area contributed by atoms with Crippen molar-refractivity contribution >= 4 is 12.0 Å². The molecule has 0 spiro atoms. The van der Waals surface area contributed by atoms with Gasteiger partial charge in [-0.3, -0.25) is 4.79 Å². The molecule has 0 radical (unpaired) electrons. The number of benzene rings is 1. The molecule has 0 aliphatic carbocycles. The number of nitrogens with zero attached hydrogens (tertiary/aromatic N) is 3. The molecule has 150 valence electrons. The molecule has 0 saturated carbocycles. The van der Waals surface area contributed by atoms with E-state index in [2.05, 4.69) is 58.8 Å². The molecule has 1 N–H and O–H groups in total. The summed E-state index contributed by atoms with van der Waals surface area (Å²) in [4.78, 5) is 17.0. The number of aryl methyl sites for hydroxylation is 1. The van der Waals surface area contributed by atoms with Crippen LogP contribution in [-0.2, 0) is 4.79 Å². The molecule has 0 atom stereocenters. The maximum Gasteiger partial charge on any atom is 0.244 e.